The summed E-state index contributed by atoms with van der Waals surface area (Å²) < 4.78 is 57.5. The summed E-state index contributed by atoms with van der Waals surface area (Å²) in [5.41, 5.74) is 0.220. The van der Waals surface area contributed by atoms with Crippen molar-refractivity contribution in [2.24, 2.45) is 0 Å². The summed E-state index contributed by atoms with van der Waals surface area (Å²) >= 11 is 5.30. The molecule has 0 atom stereocenters. The van der Waals surface area contributed by atoms with Crippen LogP contribution in [0.3, 0.4) is 0 Å². The van der Waals surface area contributed by atoms with Gasteiger partial charge in [-0.05, 0) is 24.3 Å². The minimum Gasteiger partial charge on any atom is -0.448 e. The number of ether oxygens (including phenoxy) is 2. The molecular formula is C11H10ClF4NO3. The zero-order valence-electron chi connectivity index (χ0n) is 9.92. The second-order valence-corrected chi connectivity index (χ2v) is 3.82. The van der Waals surface area contributed by atoms with Crippen LogP contribution in [0.15, 0.2) is 24.3 Å². The smallest absolute Gasteiger partial charge is 0.448 e. The van der Waals surface area contributed by atoms with Crippen LogP contribution in [0.2, 0.25) is 0 Å². The molecule has 0 aliphatic heterocycles. The normalized spacial score (nSPS) is 11.3. The Labute approximate surface area is 116 Å². The van der Waals surface area contributed by atoms with Crippen molar-refractivity contribution in [3.05, 3.63) is 24.3 Å². The fourth-order valence-corrected chi connectivity index (χ4v) is 1.17. The molecule has 0 heterocycles. The molecule has 20 heavy (non-hydrogen) atoms. The van der Waals surface area contributed by atoms with Crippen molar-refractivity contribution < 1.29 is 31.8 Å². The molecule has 0 radical (unpaired) electrons. The molecule has 4 nitrogen and oxygen atoms in total. The molecule has 0 aliphatic carbocycles. The zero-order chi connectivity index (χ0) is 15.2. The topological polar surface area (TPSA) is 47.6 Å². The molecule has 1 rings (SSSR count). The first-order valence-electron chi connectivity index (χ1n) is 5.30. The lowest BCUT2D eigenvalue weighted by Crippen LogP contribution is -2.33. The lowest BCUT2D eigenvalue weighted by molar-refractivity contribution is -0.253. The number of hydrogen-bond acceptors (Lipinski definition) is 3. The molecule has 0 fully saturated rings. The van der Waals surface area contributed by atoms with Crippen LogP contribution in [0.25, 0.3) is 0 Å². The molecule has 0 aliphatic rings. The maximum Gasteiger partial charge on any atom is 0.461 e. The van der Waals surface area contributed by atoms with Crippen LogP contribution < -0.4 is 10.1 Å². The summed E-state index contributed by atoms with van der Waals surface area (Å²) in [6.45, 7) is 0.00912. The van der Waals surface area contributed by atoms with Gasteiger partial charge in [-0.1, -0.05) is 0 Å². The number of halogens is 5. The summed E-state index contributed by atoms with van der Waals surface area (Å²) in [5, 5.41) is 2.28. The highest BCUT2D eigenvalue weighted by Crippen LogP contribution is 2.28. The Balaban J connectivity index is 2.58. The first-order chi connectivity index (χ1) is 9.35. The van der Waals surface area contributed by atoms with Crippen LogP contribution >= 0.6 is 11.6 Å². The average Bonchev–Trinajstić information content (AvgIpc) is 2.38. The molecule has 0 unspecified atom stereocenters. The van der Waals surface area contributed by atoms with Crippen LogP contribution in [0, 0.1) is 0 Å². The van der Waals surface area contributed by atoms with E-state index in [4.69, 9.17) is 11.6 Å². The Kier molecular flexibility index (Phi) is 5.87. The Hall–Kier alpha value is -1.70. The Bertz CT molecular complexity index is 442. The van der Waals surface area contributed by atoms with Gasteiger partial charge in [0.2, 0.25) is 0 Å². The predicted molar refractivity (Wildman–Crippen MR) is 63.7 cm³/mol. The van der Waals surface area contributed by atoms with Crippen molar-refractivity contribution in [1.82, 2.24) is 0 Å². The molecule has 112 valence electrons. The van der Waals surface area contributed by atoms with Crippen molar-refractivity contribution in [2.45, 2.75) is 12.5 Å². The van der Waals surface area contributed by atoms with E-state index in [9.17, 15) is 22.4 Å². The average molecular weight is 316 g/mol. The highest BCUT2D eigenvalue weighted by molar-refractivity contribution is 6.18. The van der Waals surface area contributed by atoms with Gasteiger partial charge in [0.1, 0.15) is 12.4 Å². The molecule has 9 heteroatoms. The third-order valence-electron chi connectivity index (χ3n) is 1.92. The molecule has 1 N–H and O–H groups in total. The number of carbonyl (C=O) groups excluding carboxylic acids is 1. The highest BCUT2D eigenvalue weighted by atomic mass is 35.5. The molecule has 0 spiro atoms. The molecule has 0 bridgehead atoms. The van der Waals surface area contributed by atoms with Crippen LogP contribution in [0.4, 0.5) is 28.0 Å². The van der Waals surface area contributed by atoms with Gasteiger partial charge in [-0.25, -0.2) is 4.79 Å². The van der Waals surface area contributed by atoms with E-state index in [0.29, 0.717) is 0 Å². The van der Waals surface area contributed by atoms with E-state index in [2.05, 4.69) is 14.8 Å². The van der Waals surface area contributed by atoms with E-state index < -0.39 is 24.4 Å². The lowest BCUT2D eigenvalue weighted by atomic mass is 10.3. The predicted octanol–water partition coefficient (Wildman–Crippen LogP) is 3.71. The number of amides is 1. The number of rotatable bonds is 6. The van der Waals surface area contributed by atoms with E-state index in [1.807, 2.05) is 0 Å². The van der Waals surface area contributed by atoms with Crippen LogP contribution in [-0.4, -0.2) is 31.1 Å². The quantitative estimate of drug-likeness (QED) is 0.643. The first kappa shape index (κ1) is 16.4. The lowest BCUT2D eigenvalue weighted by Gasteiger charge is -2.16. The van der Waals surface area contributed by atoms with E-state index in [0.717, 1.165) is 12.1 Å². The SMILES string of the molecule is O=C(Nc1ccc(OC(F)(F)C(F)F)cc1)OCCCl. The maximum absolute atomic E-state index is 12.6. The van der Waals surface area contributed by atoms with Crippen molar-refractivity contribution in [1.29, 1.82) is 0 Å². The monoisotopic (exact) mass is 315 g/mol. The minimum atomic E-state index is -4.58. The van der Waals surface area contributed by atoms with Gasteiger partial charge in [-0.3, -0.25) is 5.32 Å². The van der Waals surface area contributed by atoms with Gasteiger partial charge in [0.15, 0.2) is 0 Å². The van der Waals surface area contributed by atoms with Gasteiger partial charge in [-0.15, -0.1) is 11.6 Å². The summed E-state index contributed by atoms with van der Waals surface area (Å²) in [7, 11) is 0. The molecule has 0 saturated heterocycles. The summed E-state index contributed by atoms with van der Waals surface area (Å²) in [4.78, 5) is 11.1. The zero-order valence-corrected chi connectivity index (χ0v) is 10.7. The van der Waals surface area contributed by atoms with Gasteiger partial charge in [0, 0.05) is 5.69 Å². The summed E-state index contributed by atoms with van der Waals surface area (Å²) in [5.74, 6) is -0.335. The van der Waals surface area contributed by atoms with Crippen molar-refractivity contribution >= 4 is 23.4 Å². The standard InChI is InChI=1S/C11H10ClF4NO3/c12-5-6-19-10(18)17-7-1-3-8(4-2-7)20-11(15,16)9(13)14/h1-4,9H,5-6H2,(H,17,18). The van der Waals surface area contributed by atoms with Gasteiger partial charge in [0.05, 0.1) is 5.88 Å². The second kappa shape index (κ2) is 7.18. The number of carbonyl (C=O) groups is 1. The fraction of sp³-hybridized carbons (Fsp3) is 0.364. The van der Waals surface area contributed by atoms with Gasteiger partial charge >= 0.3 is 18.6 Å². The van der Waals surface area contributed by atoms with Crippen molar-refractivity contribution in [3.8, 4) is 5.75 Å². The number of nitrogens with one attached hydrogen (secondary N) is 1. The number of benzene rings is 1. The van der Waals surface area contributed by atoms with E-state index in [1.165, 1.54) is 12.1 Å². The number of alkyl halides is 5. The number of anilines is 1. The number of hydrogen-bond donors (Lipinski definition) is 1. The third kappa shape index (κ3) is 5.12. The van der Waals surface area contributed by atoms with Crippen LogP contribution in [0.5, 0.6) is 5.75 Å². The minimum absolute atomic E-state index is 0.00912. The fourth-order valence-electron chi connectivity index (χ4n) is 1.09. The molecule has 1 aromatic rings. The molecule has 1 aromatic carbocycles. The molecular weight excluding hydrogens is 306 g/mol. The van der Waals surface area contributed by atoms with Gasteiger partial charge < -0.3 is 9.47 Å². The molecule has 0 saturated carbocycles. The van der Waals surface area contributed by atoms with Crippen molar-refractivity contribution in [2.75, 3.05) is 17.8 Å². The van der Waals surface area contributed by atoms with E-state index in [1.54, 1.807) is 0 Å². The second-order valence-electron chi connectivity index (χ2n) is 3.44. The van der Waals surface area contributed by atoms with Crippen LogP contribution in [0.1, 0.15) is 0 Å². The van der Waals surface area contributed by atoms with Crippen LogP contribution in [-0.2, 0) is 4.74 Å². The Morgan fingerprint density at radius 1 is 1.30 bits per heavy atom. The largest absolute Gasteiger partial charge is 0.461 e. The molecule has 1 amide bonds. The van der Waals surface area contributed by atoms with Gasteiger partial charge in [0.25, 0.3) is 0 Å². The Morgan fingerprint density at radius 3 is 2.40 bits per heavy atom. The highest BCUT2D eigenvalue weighted by Gasteiger charge is 2.43. The Morgan fingerprint density at radius 2 is 1.90 bits per heavy atom. The van der Waals surface area contributed by atoms with Gasteiger partial charge in [-0.2, -0.15) is 17.6 Å². The first-order valence-corrected chi connectivity index (χ1v) is 5.83. The summed E-state index contributed by atoms with van der Waals surface area (Å²) in [6, 6.07) is 4.40. The maximum atomic E-state index is 12.6. The third-order valence-corrected chi connectivity index (χ3v) is 2.07. The molecule has 0 aromatic heterocycles. The van der Waals surface area contributed by atoms with E-state index in [-0.39, 0.29) is 18.2 Å². The van der Waals surface area contributed by atoms with Crippen molar-refractivity contribution in [3.63, 3.8) is 0 Å². The summed E-state index contributed by atoms with van der Waals surface area (Å²) in [6.07, 6.45) is -9.29. The van der Waals surface area contributed by atoms with E-state index >= 15 is 0 Å².